The Morgan fingerprint density at radius 1 is 1.47 bits per heavy atom. The van der Waals surface area contributed by atoms with Crippen molar-refractivity contribution >= 4 is 23.2 Å². The van der Waals surface area contributed by atoms with E-state index >= 15 is 0 Å². The number of carbonyl (C=O) groups is 1. The van der Waals surface area contributed by atoms with Crippen molar-refractivity contribution < 1.29 is 9.18 Å². The Balaban J connectivity index is 2.21. The van der Waals surface area contributed by atoms with E-state index in [4.69, 9.17) is 11.6 Å². The Kier molecular flexibility index (Phi) is 3.85. The van der Waals surface area contributed by atoms with E-state index in [0.29, 0.717) is 5.69 Å². The van der Waals surface area contributed by atoms with Gasteiger partial charge < -0.3 is 5.32 Å². The Hall–Kier alpha value is -1.88. The van der Waals surface area contributed by atoms with Crippen LogP contribution in [0.25, 0.3) is 0 Å². The van der Waals surface area contributed by atoms with E-state index in [-0.39, 0.29) is 16.6 Å². The van der Waals surface area contributed by atoms with Crippen LogP contribution < -0.4 is 5.32 Å². The largest absolute Gasteiger partial charge is 0.319 e. The molecule has 0 aliphatic heterocycles. The molecule has 1 amide bonds. The number of nitrogens with zero attached hydrogens (tertiary/aromatic N) is 2. The maximum atomic E-state index is 13.6. The summed E-state index contributed by atoms with van der Waals surface area (Å²) in [6, 6.07) is 4.29. The van der Waals surface area contributed by atoms with Crippen LogP contribution in [-0.4, -0.2) is 15.7 Å². The SMILES string of the molecule is CC(C)n1cc(NC(=O)c2c(F)cccc2Cl)cn1. The molecule has 2 rings (SSSR count). The van der Waals surface area contributed by atoms with Gasteiger partial charge in [-0.25, -0.2) is 4.39 Å². The molecule has 0 unspecified atom stereocenters. The number of aromatic nitrogens is 2. The molecule has 2 aromatic rings. The van der Waals surface area contributed by atoms with Gasteiger partial charge in [-0.15, -0.1) is 0 Å². The lowest BCUT2D eigenvalue weighted by atomic mass is 10.2. The second kappa shape index (κ2) is 5.40. The first kappa shape index (κ1) is 13.5. The van der Waals surface area contributed by atoms with Gasteiger partial charge in [0.15, 0.2) is 0 Å². The molecule has 1 N–H and O–H groups in total. The van der Waals surface area contributed by atoms with Gasteiger partial charge in [0, 0.05) is 12.2 Å². The van der Waals surface area contributed by atoms with Crippen molar-refractivity contribution in [3.63, 3.8) is 0 Å². The number of carbonyl (C=O) groups excluding carboxylic acids is 1. The van der Waals surface area contributed by atoms with Gasteiger partial charge in [0.05, 0.1) is 22.5 Å². The van der Waals surface area contributed by atoms with E-state index in [9.17, 15) is 9.18 Å². The van der Waals surface area contributed by atoms with Crippen LogP contribution in [0.5, 0.6) is 0 Å². The first-order chi connectivity index (χ1) is 8.99. The molecule has 100 valence electrons. The molecule has 6 heteroatoms. The molecule has 0 saturated carbocycles. The lowest BCUT2D eigenvalue weighted by molar-refractivity contribution is 0.102. The number of hydrogen-bond acceptors (Lipinski definition) is 2. The summed E-state index contributed by atoms with van der Waals surface area (Å²) in [4.78, 5) is 12.0. The predicted molar refractivity (Wildman–Crippen MR) is 72.0 cm³/mol. The maximum absolute atomic E-state index is 13.6. The molecule has 0 saturated heterocycles. The van der Waals surface area contributed by atoms with Crippen molar-refractivity contribution in [3.8, 4) is 0 Å². The van der Waals surface area contributed by atoms with Crippen LogP contribution in [0.1, 0.15) is 30.2 Å². The van der Waals surface area contributed by atoms with Gasteiger partial charge in [0.25, 0.3) is 5.91 Å². The van der Waals surface area contributed by atoms with Crippen molar-refractivity contribution in [2.45, 2.75) is 19.9 Å². The molecule has 4 nitrogen and oxygen atoms in total. The van der Waals surface area contributed by atoms with Gasteiger partial charge >= 0.3 is 0 Å². The van der Waals surface area contributed by atoms with Crippen molar-refractivity contribution in [1.82, 2.24) is 9.78 Å². The standard InChI is InChI=1S/C13H13ClFN3O/c1-8(2)18-7-9(6-16-18)17-13(19)12-10(14)4-3-5-11(12)15/h3-8H,1-2H3,(H,17,19). The molecule has 0 fully saturated rings. The molecule has 1 aromatic heterocycles. The van der Waals surface area contributed by atoms with E-state index in [1.807, 2.05) is 13.8 Å². The molecule has 0 atom stereocenters. The maximum Gasteiger partial charge on any atom is 0.260 e. The molecule has 0 spiro atoms. The van der Waals surface area contributed by atoms with Gasteiger partial charge in [0.2, 0.25) is 0 Å². The molecule has 1 heterocycles. The number of benzene rings is 1. The van der Waals surface area contributed by atoms with Crippen LogP contribution in [0.15, 0.2) is 30.6 Å². The van der Waals surface area contributed by atoms with Crippen LogP contribution in [-0.2, 0) is 0 Å². The van der Waals surface area contributed by atoms with Crippen molar-refractivity contribution in [3.05, 3.63) is 47.0 Å². The molecule has 0 aliphatic rings. The molecule has 0 aliphatic carbocycles. The summed E-state index contributed by atoms with van der Waals surface area (Å²) in [6.07, 6.45) is 3.18. The smallest absolute Gasteiger partial charge is 0.260 e. The lowest BCUT2D eigenvalue weighted by Crippen LogP contribution is -2.14. The number of anilines is 1. The van der Waals surface area contributed by atoms with E-state index in [0.717, 1.165) is 0 Å². The van der Waals surface area contributed by atoms with E-state index in [1.165, 1.54) is 24.4 Å². The van der Waals surface area contributed by atoms with Crippen LogP contribution in [0, 0.1) is 5.82 Å². The molecule has 0 radical (unpaired) electrons. The van der Waals surface area contributed by atoms with E-state index in [1.54, 1.807) is 10.9 Å². The first-order valence-corrected chi connectivity index (χ1v) is 6.16. The van der Waals surface area contributed by atoms with Gasteiger partial charge in [-0.1, -0.05) is 17.7 Å². The minimum atomic E-state index is -0.652. The number of rotatable bonds is 3. The fourth-order valence-electron chi connectivity index (χ4n) is 1.59. The Morgan fingerprint density at radius 3 is 2.79 bits per heavy atom. The highest BCUT2D eigenvalue weighted by Gasteiger charge is 2.16. The molecule has 0 bridgehead atoms. The third kappa shape index (κ3) is 2.93. The number of amides is 1. The normalized spacial score (nSPS) is 10.8. The minimum absolute atomic E-state index is 0.0775. The number of nitrogens with one attached hydrogen (secondary N) is 1. The zero-order valence-corrected chi connectivity index (χ0v) is 11.3. The molecular formula is C13H13ClFN3O. The second-order valence-corrected chi connectivity index (χ2v) is 4.76. The Labute approximate surface area is 115 Å². The van der Waals surface area contributed by atoms with Crippen LogP contribution in [0.3, 0.4) is 0 Å². The Bertz CT molecular complexity index is 589. The third-order valence-corrected chi connectivity index (χ3v) is 2.89. The monoisotopic (exact) mass is 281 g/mol. The van der Waals surface area contributed by atoms with Crippen molar-refractivity contribution in [1.29, 1.82) is 0 Å². The minimum Gasteiger partial charge on any atom is -0.319 e. The summed E-state index contributed by atoms with van der Waals surface area (Å²) in [6.45, 7) is 3.93. The summed E-state index contributed by atoms with van der Waals surface area (Å²) in [5, 5.41) is 6.73. The zero-order chi connectivity index (χ0) is 14.0. The van der Waals surface area contributed by atoms with Gasteiger partial charge in [-0.2, -0.15) is 5.10 Å². The number of halogens is 2. The lowest BCUT2D eigenvalue weighted by Gasteiger charge is -2.06. The average Bonchev–Trinajstić information content (AvgIpc) is 2.77. The van der Waals surface area contributed by atoms with E-state index in [2.05, 4.69) is 10.4 Å². The number of hydrogen-bond donors (Lipinski definition) is 1. The van der Waals surface area contributed by atoms with Gasteiger partial charge in [-0.3, -0.25) is 9.48 Å². The topological polar surface area (TPSA) is 46.9 Å². The van der Waals surface area contributed by atoms with E-state index < -0.39 is 11.7 Å². The quantitative estimate of drug-likeness (QED) is 0.936. The predicted octanol–water partition coefficient (Wildman–Crippen LogP) is 3.51. The summed E-state index contributed by atoms with van der Waals surface area (Å²) < 4.78 is 15.3. The highest BCUT2D eigenvalue weighted by Crippen LogP contribution is 2.20. The van der Waals surface area contributed by atoms with Gasteiger partial charge in [-0.05, 0) is 26.0 Å². The summed E-state index contributed by atoms with van der Waals surface area (Å²) in [5.74, 6) is -1.24. The highest BCUT2D eigenvalue weighted by atomic mass is 35.5. The van der Waals surface area contributed by atoms with Crippen LogP contribution in [0.4, 0.5) is 10.1 Å². The fourth-order valence-corrected chi connectivity index (χ4v) is 1.84. The van der Waals surface area contributed by atoms with Crippen molar-refractivity contribution in [2.24, 2.45) is 0 Å². The first-order valence-electron chi connectivity index (χ1n) is 5.78. The third-order valence-electron chi connectivity index (χ3n) is 2.58. The molecule has 19 heavy (non-hydrogen) atoms. The highest BCUT2D eigenvalue weighted by molar-refractivity contribution is 6.34. The fraction of sp³-hybridized carbons (Fsp3) is 0.231. The summed E-state index contributed by atoms with van der Waals surface area (Å²) in [5.41, 5.74) is 0.333. The van der Waals surface area contributed by atoms with Gasteiger partial charge in [0.1, 0.15) is 5.82 Å². The summed E-state index contributed by atoms with van der Waals surface area (Å²) >= 11 is 5.82. The second-order valence-electron chi connectivity index (χ2n) is 4.35. The summed E-state index contributed by atoms with van der Waals surface area (Å²) in [7, 11) is 0. The van der Waals surface area contributed by atoms with Crippen molar-refractivity contribution in [2.75, 3.05) is 5.32 Å². The van der Waals surface area contributed by atoms with Crippen LogP contribution in [0.2, 0.25) is 5.02 Å². The van der Waals surface area contributed by atoms with Crippen LogP contribution >= 0.6 is 11.6 Å². The average molecular weight is 282 g/mol. The Morgan fingerprint density at radius 2 is 2.21 bits per heavy atom. The molecule has 1 aromatic carbocycles. The zero-order valence-electron chi connectivity index (χ0n) is 10.5. The molecular weight excluding hydrogens is 269 g/mol.